The van der Waals surface area contributed by atoms with Gasteiger partial charge in [-0.25, -0.2) is 9.50 Å². The average Bonchev–Trinajstić information content (AvgIpc) is 2.49. The first-order chi connectivity index (χ1) is 5.81. The SMILES string of the molecule is CCc1nc2cccc(Br)n2n1. The highest BCUT2D eigenvalue weighted by Gasteiger charge is 2.02. The quantitative estimate of drug-likeness (QED) is 0.696. The van der Waals surface area contributed by atoms with E-state index in [9.17, 15) is 0 Å². The van der Waals surface area contributed by atoms with Gasteiger partial charge in [0.05, 0.1) is 0 Å². The maximum absolute atomic E-state index is 4.31. The summed E-state index contributed by atoms with van der Waals surface area (Å²) in [6.07, 6.45) is 0.869. The Morgan fingerprint density at radius 1 is 1.50 bits per heavy atom. The van der Waals surface area contributed by atoms with Crippen LogP contribution in [0.5, 0.6) is 0 Å². The molecule has 0 aliphatic carbocycles. The van der Waals surface area contributed by atoms with Gasteiger partial charge in [-0.2, -0.15) is 5.10 Å². The summed E-state index contributed by atoms with van der Waals surface area (Å²) in [7, 11) is 0. The highest BCUT2D eigenvalue weighted by atomic mass is 79.9. The number of hydrogen-bond donors (Lipinski definition) is 0. The van der Waals surface area contributed by atoms with Crippen LogP contribution in [0.15, 0.2) is 22.8 Å². The Morgan fingerprint density at radius 2 is 2.33 bits per heavy atom. The van der Waals surface area contributed by atoms with Crippen LogP contribution in [0.4, 0.5) is 0 Å². The molecule has 0 bridgehead atoms. The van der Waals surface area contributed by atoms with E-state index in [4.69, 9.17) is 0 Å². The van der Waals surface area contributed by atoms with E-state index in [1.807, 2.05) is 25.1 Å². The molecule has 0 aliphatic rings. The van der Waals surface area contributed by atoms with Gasteiger partial charge in [0.15, 0.2) is 11.5 Å². The van der Waals surface area contributed by atoms with Crippen molar-refractivity contribution in [3.8, 4) is 0 Å². The number of rotatable bonds is 1. The van der Waals surface area contributed by atoms with Gasteiger partial charge in [-0.3, -0.25) is 0 Å². The zero-order valence-corrected chi connectivity index (χ0v) is 8.24. The molecule has 2 aromatic heterocycles. The molecule has 0 radical (unpaired) electrons. The molecule has 12 heavy (non-hydrogen) atoms. The monoisotopic (exact) mass is 225 g/mol. The Bertz CT molecular complexity index is 408. The van der Waals surface area contributed by atoms with Crippen LogP contribution in [0.1, 0.15) is 12.7 Å². The summed E-state index contributed by atoms with van der Waals surface area (Å²) in [5.74, 6) is 0.877. The van der Waals surface area contributed by atoms with E-state index in [-0.39, 0.29) is 0 Å². The summed E-state index contributed by atoms with van der Waals surface area (Å²) in [6.45, 7) is 2.04. The predicted octanol–water partition coefficient (Wildman–Crippen LogP) is 2.05. The fourth-order valence-corrected chi connectivity index (χ4v) is 1.48. The van der Waals surface area contributed by atoms with Gasteiger partial charge < -0.3 is 0 Å². The molecule has 3 nitrogen and oxygen atoms in total. The first kappa shape index (κ1) is 7.73. The van der Waals surface area contributed by atoms with Crippen molar-refractivity contribution in [2.75, 3.05) is 0 Å². The number of aromatic nitrogens is 3. The van der Waals surface area contributed by atoms with Crippen LogP contribution in [-0.2, 0) is 6.42 Å². The van der Waals surface area contributed by atoms with Crippen LogP contribution < -0.4 is 0 Å². The van der Waals surface area contributed by atoms with Gasteiger partial charge >= 0.3 is 0 Å². The van der Waals surface area contributed by atoms with Crippen LogP contribution in [0.25, 0.3) is 5.65 Å². The second-order valence-corrected chi connectivity index (χ2v) is 3.31. The molecule has 62 valence electrons. The number of pyridine rings is 1. The molecule has 0 fully saturated rings. The molecule has 0 saturated carbocycles. The summed E-state index contributed by atoms with van der Waals surface area (Å²) in [6, 6.07) is 5.84. The normalized spacial score (nSPS) is 10.8. The third-order valence-corrected chi connectivity index (χ3v) is 2.27. The molecule has 0 atom stereocenters. The molecule has 0 saturated heterocycles. The molecule has 4 heteroatoms. The van der Waals surface area contributed by atoms with Gasteiger partial charge in [-0.15, -0.1) is 0 Å². The smallest absolute Gasteiger partial charge is 0.156 e. The van der Waals surface area contributed by atoms with Crippen molar-refractivity contribution in [3.63, 3.8) is 0 Å². The largest absolute Gasteiger partial charge is 0.212 e. The van der Waals surface area contributed by atoms with Crippen LogP contribution in [0, 0.1) is 0 Å². The van der Waals surface area contributed by atoms with Gasteiger partial charge in [-0.05, 0) is 28.1 Å². The van der Waals surface area contributed by atoms with E-state index >= 15 is 0 Å². The van der Waals surface area contributed by atoms with Crippen molar-refractivity contribution in [1.82, 2.24) is 14.6 Å². The summed E-state index contributed by atoms with van der Waals surface area (Å²) >= 11 is 3.40. The van der Waals surface area contributed by atoms with Crippen LogP contribution in [0.2, 0.25) is 0 Å². The van der Waals surface area contributed by atoms with E-state index in [0.717, 1.165) is 22.5 Å². The average molecular weight is 226 g/mol. The Hall–Kier alpha value is -0.900. The van der Waals surface area contributed by atoms with Crippen molar-refractivity contribution in [1.29, 1.82) is 0 Å². The summed E-state index contributed by atoms with van der Waals surface area (Å²) < 4.78 is 2.73. The molecule has 2 rings (SSSR count). The second-order valence-electron chi connectivity index (χ2n) is 2.50. The minimum absolute atomic E-state index is 0.869. The standard InChI is InChI=1S/C8H8BrN3/c1-2-7-10-8-5-3-4-6(9)12(8)11-7/h3-5H,2H2,1H3. The summed E-state index contributed by atoms with van der Waals surface area (Å²) in [5, 5.41) is 4.29. The van der Waals surface area contributed by atoms with Crippen molar-refractivity contribution in [2.24, 2.45) is 0 Å². The maximum atomic E-state index is 4.31. The van der Waals surface area contributed by atoms with E-state index in [1.54, 1.807) is 4.52 Å². The number of halogens is 1. The highest BCUT2D eigenvalue weighted by Crippen LogP contribution is 2.11. The minimum atomic E-state index is 0.869. The Morgan fingerprint density at radius 3 is 3.00 bits per heavy atom. The summed E-state index contributed by atoms with van der Waals surface area (Å²) in [5.41, 5.74) is 0.890. The fourth-order valence-electron chi connectivity index (χ4n) is 1.07. The molecule has 0 aliphatic heterocycles. The molecule has 2 aromatic rings. The lowest BCUT2D eigenvalue weighted by molar-refractivity contribution is 0.871. The highest BCUT2D eigenvalue weighted by molar-refractivity contribution is 9.10. The predicted molar refractivity (Wildman–Crippen MR) is 50.1 cm³/mol. The Labute approximate surface area is 78.6 Å². The third kappa shape index (κ3) is 1.12. The van der Waals surface area contributed by atoms with Gasteiger partial charge in [0.25, 0.3) is 0 Å². The molecule has 0 N–H and O–H groups in total. The molecule has 0 spiro atoms. The van der Waals surface area contributed by atoms with Gasteiger partial charge in [0.1, 0.15) is 4.60 Å². The number of nitrogens with zero attached hydrogens (tertiary/aromatic N) is 3. The second kappa shape index (κ2) is 2.86. The molecular formula is C8H8BrN3. The number of fused-ring (bicyclic) bond motifs is 1. The third-order valence-electron chi connectivity index (χ3n) is 1.67. The molecule has 2 heterocycles. The molecule has 0 unspecified atom stereocenters. The lowest BCUT2D eigenvalue weighted by atomic mass is 10.5. The summed E-state index contributed by atoms with van der Waals surface area (Å²) in [4.78, 5) is 4.31. The van der Waals surface area contributed by atoms with Crippen molar-refractivity contribution >= 4 is 21.6 Å². The zero-order chi connectivity index (χ0) is 8.55. The van der Waals surface area contributed by atoms with Crippen molar-refractivity contribution in [3.05, 3.63) is 28.6 Å². The molecule has 0 aromatic carbocycles. The lowest BCUT2D eigenvalue weighted by Gasteiger charge is -1.91. The van der Waals surface area contributed by atoms with E-state index in [2.05, 4.69) is 26.0 Å². The van der Waals surface area contributed by atoms with Gasteiger partial charge in [0, 0.05) is 6.42 Å². The maximum Gasteiger partial charge on any atom is 0.156 e. The minimum Gasteiger partial charge on any atom is -0.212 e. The zero-order valence-electron chi connectivity index (χ0n) is 6.66. The van der Waals surface area contributed by atoms with Crippen LogP contribution in [-0.4, -0.2) is 14.6 Å². The number of aryl methyl sites for hydroxylation is 1. The first-order valence-corrected chi connectivity index (χ1v) is 4.60. The van der Waals surface area contributed by atoms with E-state index in [0.29, 0.717) is 0 Å². The molecule has 0 amide bonds. The fraction of sp³-hybridized carbons (Fsp3) is 0.250. The lowest BCUT2D eigenvalue weighted by Crippen LogP contribution is -1.89. The van der Waals surface area contributed by atoms with Gasteiger partial charge in [-0.1, -0.05) is 13.0 Å². The van der Waals surface area contributed by atoms with Crippen molar-refractivity contribution < 1.29 is 0 Å². The van der Waals surface area contributed by atoms with Crippen LogP contribution >= 0.6 is 15.9 Å². The Kier molecular flexibility index (Phi) is 1.84. The topological polar surface area (TPSA) is 30.2 Å². The molecular weight excluding hydrogens is 218 g/mol. The first-order valence-electron chi connectivity index (χ1n) is 3.81. The van der Waals surface area contributed by atoms with Crippen LogP contribution in [0.3, 0.4) is 0 Å². The number of hydrogen-bond acceptors (Lipinski definition) is 2. The van der Waals surface area contributed by atoms with Gasteiger partial charge in [0.2, 0.25) is 0 Å². The van der Waals surface area contributed by atoms with E-state index in [1.165, 1.54) is 0 Å². The Balaban J connectivity index is 2.74. The van der Waals surface area contributed by atoms with Crippen molar-refractivity contribution in [2.45, 2.75) is 13.3 Å². The van der Waals surface area contributed by atoms with E-state index < -0.39 is 0 Å².